The molecule has 396 valence electrons. The van der Waals surface area contributed by atoms with Gasteiger partial charge < -0.3 is 9.13 Å². The number of rotatable bonds is 8. The minimum atomic E-state index is -5.03. The molecule has 15 heteroatoms. The molecule has 0 fully saturated rings. The van der Waals surface area contributed by atoms with Gasteiger partial charge >= 0.3 is 18.5 Å². The topological polar surface area (TPSA) is 61.4 Å². The van der Waals surface area contributed by atoms with Crippen LogP contribution >= 0.6 is 0 Å². The summed E-state index contributed by atoms with van der Waals surface area (Å²) in [5, 5.41) is 2.91. The molecule has 81 heavy (non-hydrogen) atoms. The number of pyridine rings is 1. The molecule has 13 rings (SSSR count). The van der Waals surface area contributed by atoms with Crippen molar-refractivity contribution in [1.82, 2.24) is 29.1 Å². The number of aryl methyl sites for hydroxylation is 1. The third kappa shape index (κ3) is 9.29. The van der Waals surface area contributed by atoms with E-state index in [1.165, 1.54) is 6.07 Å². The Balaban J connectivity index is 1.03. The van der Waals surface area contributed by atoms with E-state index < -0.39 is 35.2 Å². The number of alkyl halides is 9. The Hall–Kier alpha value is -9.89. The Labute approximate surface area is 455 Å². The quantitative estimate of drug-likeness (QED) is 0.142. The largest absolute Gasteiger partial charge is 0.416 e. The summed E-state index contributed by atoms with van der Waals surface area (Å²) in [5.41, 5.74) is 5.32. The third-order valence-corrected chi connectivity index (χ3v) is 14.5. The zero-order valence-corrected chi connectivity index (χ0v) is 42.4. The molecule has 13 aromatic rings. The van der Waals surface area contributed by atoms with Crippen molar-refractivity contribution in [2.24, 2.45) is 0 Å². The van der Waals surface area contributed by atoms with Crippen molar-refractivity contribution < 1.29 is 39.5 Å². The van der Waals surface area contributed by atoms with Gasteiger partial charge in [-0.25, -0.2) is 15.0 Å². The van der Waals surface area contributed by atoms with Crippen LogP contribution in [-0.4, -0.2) is 29.1 Å². The Morgan fingerprint density at radius 2 is 0.778 bits per heavy atom. The lowest BCUT2D eigenvalue weighted by molar-refractivity contribution is -0.143. The Morgan fingerprint density at radius 3 is 1.32 bits per heavy atom. The summed E-state index contributed by atoms with van der Waals surface area (Å²) in [7, 11) is 0. The van der Waals surface area contributed by atoms with Gasteiger partial charge in [-0.05, 0) is 132 Å². The van der Waals surface area contributed by atoms with E-state index in [4.69, 9.17) is 19.9 Å². The molecule has 0 radical (unpaired) electrons. The molecule has 0 saturated carbocycles. The van der Waals surface area contributed by atoms with Crippen LogP contribution < -0.4 is 0 Å². The van der Waals surface area contributed by atoms with Gasteiger partial charge in [0, 0.05) is 55.7 Å². The van der Waals surface area contributed by atoms with Crippen LogP contribution in [0.1, 0.15) is 22.3 Å². The van der Waals surface area contributed by atoms with E-state index in [9.17, 15) is 39.5 Å². The molecule has 0 aliphatic heterocycles. The Morgan fingerprint density at radius 1 is 0.333 bits per heavy atom. The monoisotopic (exact) mass is 1090 g/mol. The molecule has 6 nitrogen and oxygen atoms in total. The summed E-state index contributed by atoms with van der Waals surface area (Å²) in [6.07, 6.45) is -12.9. The lowest BCUT2D eigenvalue weighted by Gasteiger charge is -2.17. The summed E-state index contributed by atoms with van der Waals surface area (Å²) in [6, 6.07) is 59.9. The van der Waals surface area contributed by atoms with Crippen LogP contribution in [0.15, 0.2) is 219 Å². The number of fused-ring (bicyclic) bond motifs is 6. The van der Waals surface area contributed by atoms with Crippen molar-refractivity contribution in [3.05, 3.63) is 241 Å². The molecule has 4 heterocycles. The van der Waals surface area contributed by atoms with Gasteiger partial charge in [0.1, 0.15) is 0 Å². The molecule has 0 aliphatic rings. The summed E-state index contributed by atoms with van der Waals surface area (Å²) < 4.78 is 131. The molecule has 0 amide bonds. The molecule has 0 saturated heterocycles. The zero-order valence-electron chi connectivity index (χ0n) is 42.4. The van der Waals surface area contributed by atoms with Crippen molar-refractivity contribution >= 4 is 43.6 Å². The van der Waals surface area contributed by atoms with Crippen LogP contribution in [0.5, 0.6) is 0 Å². The molecular weight excluding hydrogens is 1050 g/mol. The van der Waals surface area contributed by atoms with Gasteiger partial charge in [-0.3, -0.25) is 4.98 Å². The predicted octanol–water partition coefficient (Wildman–Crippen LogP) is 18.8. The van der Waals surface area contributed by atoms with E-state index >= 15 is 0 Å². The highest BCUT2D eigenvalue weighted by molar-refractivity contribution is 6.12. The zero-order chi connectivity index (χ0) is 56.0. The molecule has 0 spiro atoms. The molecule has 0 N–H and O–H groups in total. The fourth-order valence-corrected chi connectivity index (χ4v) is 10.8. The van der Waals surface area contributed by atoms with Crippen molar-refractivity contribution in [3.63, 3.8) is 0 Å². The number of hydrogen-bond donors (Lipinski definition) is 0. The molecule has 9 aromatic carbocycles. The van der Waals surface area contributed by atoms with Crippen LogP contribution in [0.3, 0.4) is 0 Å². The minimum Gasteiger partial charge on any atom is -0.309 e. The van der Waals surface area contributed by atoms with Gasteiger partial charge in [0.05, 0.1) is 50.1 Å². The average molecular weight is 1090 g/mol. The lowest BCUT2D eigenvalue weighted by atomic mass is 9.97. The van der Waals surface area contributed by atoms with Gasteiger partial charge in [-0.15, -0.1) is 0 Å². The van der Waals surface area contributed by atoms with Gasteiger partial charge in [0.2, 0.25) is 0 Å². The van der Waals surface area contributed by atoms with Gasteiger partial charge in [0.25, 0.3) is 0 Å². The lowest BCUT2D eigenvalue weighted by Crippen LogP contribution is -2.11. The summed E-state index contributed by atoms with van der Waals surface area (Å²) in [4.78, 5) is 20.0. The number of halogens is 9. The van der Waals surface area contributed by atoms with Crippen molar-refractivity contribution in [1.29, 1.82) is 0 Å². The predicted molar refractivity (Wildman–Crippen MR) is 299 cm³/mol. The highest BCUT2D eigenvalue weighted by Crippen LogP contribution is 2.44. The van der Waals surface area contributed by atoms with E-state index in [0.29, 0.717) is 84.2 Å². The van der Waals surface area contributed by atoms with E-state index in [-0.39, 0.29) is 17.2 Å². The third-order valence-electron chi connectivity index (χ3n) is 14.5. The fourth-order valence-electron chi connectivity index (χ4n) is 10.8. The van der Waals surface area contributed by atoms with E-state index in [1.807, 2.05) is 162 Å². The second kappa shape index (κ2) is 19.2. The number of para-hydroxylation sites is 2. The van der Waals surface area contributed by atoms with E-state index in [0.717, 1.165) is 57.2 Å². The van der Waals surface area contributed by atoms with Crippen LogP contribution in [0.4, 0.5) is 39.5 Å². The maximum Gasteiger partial charge on any atom is 0.416 e. The van der Waals surface area contributed by atoms with Gasteiger partial charge in [-0.1, -0.05) is 115 Å². The highest BCUT2D eigenvalue weighted by Gasteiger charge is 2.37. The van der Waals surface area contributed by atoms with E-state index in [2.05, 4.69) is 4.57 Å². The van der Waals surface area contributed by atoms with Crippen LogP contribution in [0.25, 0.3) is 123 Å². The summed E-state index contributed by atoms with van der Waals surface area (Å²) in [5.74, 6) is 1.27. The van der Waals surface area contributed by atoms with Gasteiger partial charge in [-0.2, -0.15) is 39.5 Å². The maximum absolute atomic E-state index is 14.1. The standard InChI is InChI=1S/C66H39F9N6/c1-38-28-44(30-46(29-38)64(67,68)69)41-21-24-59-53(33-41)51-17-9-11-19-57(51)81(59)60-25-22-43(63-78-61(39-12-4-2-5-13-39)77-62(79-63)40-14-6-3-7-15-40)35-54(60)55-37-49(26-27-76-55)80-56-18-10-8-16-50(56)52-34-42(20-23-58(52)80)45-31-47(65(70,71)72)36-48(32-45)66(73,74)75/h2-37H,1H3. The average Bonchev–Trinajstić information content (AvgIpc) is 3.75. The Kier molecular flexibility index (Phi) is 12.0. The summed E-state index contributed by atoms with van der Waals surface area (Å²) >= 11 is 0. The first-order valence-corrected chi connectivity index (χ1v) is 25.5. The van der Waals surface area contributed by atoms with Crippen LogP contribution in [-0.2, 0) is 18.5 Å². The first-order valence-electron chi connectivity index (χ1n) is 25.5. The molecule has 0 atom stereocenters. The van der Waals surface area contributed by atoms with E-state index in [1.54, 1.807) is 31.3 Å². The number of aromatic nitrogens is 6. The van der Waals surface area contributed by atoms with Crippen LogP contribution in [0, 0.1) is 6.92 Å². The normalized spacial score (nSPS) is 12.3. The molecule has 0 aliphatic carbocycles. The first-order chi connectivity index (χ1) is 38.9. The Bertz CT molecular complexity index is 4530. The SMILES string of the molecule is Cc1cc(-c2ccc3c(c2)c2ccccc2n3-c2ccc(-c3nc(-c4ccccc4)nc(-c4ccccc4)n3)cc2-c2cc(-n3c4ccccc4c4cc(-c5cc(C(F)(F)F)cc(C(F)(F)F)c5)ccc43)ccn2)cc(C(F)(F)F)c1. The second-order valence-corrected chi connectivity index (χ2v) is 19.7. The second-order valence-electron chi connectivity index (χ2n) is 19.7. The first kappa shape index (κ1) is 50.6. The van der Waals surface area contributed by atoms with Crippen LogP contribution in [0.2, 0.25) is 0 Å². The van der Waals surface area contributed by atoms with Crippen molar-refractivity contribution in [2.75, 3.05) is 0 Å². The fraction of sp³-hybridized carbons (Fsp3) is 0.0606. The molecule has 4 aromatic heterocycles. The molecule has 0 unspecified atom stereocenters. The maximum atomic E-state index is 14.1. The number of hydrogen-bond acceptors (Lipinski definition) is 4. The highest BCUT2D eigenvalue weighted by atomic mass is 19.4. The molecular formula is C66H39F9N6. The van der Waals surface area contributed by atoms with Gasteiger partial charge in [0.15, 0.2) is 17.5 Å². The summed E-state index contributed by atoms with van der Waals surface area (Å²) in [6.45, 7) is 1.64. The minimum absolute atomic E-state index is 0.117. The molecule has 0 bridgehead atoms. The number of nitrogens with zero attached hydrogens (tertiary/aromatic N) is 6. The van der Waals surface area contributed by atoms with Crippen molar-refractivity contribution in [3.8, 4) is 79.0 Å². The number of benzene rings is 9. The van der Waals surface area contributed by atoms with Crippen molar-refractivity contribution in [2.45, 2.75) is 25.5 Å². The smallest absolute Gasteiger partial charge is 0.309 e.